The van der Waals surface area contributed by atoms with Gasteiger partial charge in [0, 0.05) is 0 Å². The van der Waals surface area contributed by atoms with Gasteiger partial charge in [0.05, 0.1) is 12.0 Å². The standard InChI is InChI=1S/C17H21N3OS/c1-12-7-3-4-8-14(12)17(9-5-6-10-17)16(21)18-11-15-20-19-13(2)22-15/h3-4,7-8H,5-6,9-11H2,1-2H3,(H,18,21). The molecule has 0 atom stereocenters. The Morgan fingerprint density at radius 1 is 1.23 bits per heavy atom. The lowest BCUT2D eigenvalue weighted by atomic mass is 9.76. The fraction of sp³-hybridized carbons (Fsp3) is 0.471. The van der Waals surface area contributed by atoms with Gasteiger partial charge in [-0.1, -0.05) is 48.4 Å². The normalized spacial score (nSPS) is 16.6. The number of rotatable bonds is 4. The molecule has 1 aromatic carbocycles. The number of nitrogens with zero attached hydrogens (tertiary/aromatic N) is 2. The van der Waals surface area contributed by atoms with Crippen molar-refractivity contribution in [3.05, 3.63) is 45.4 Å². The van der Waals surface area contributed by atoms with E-state index in [0.29, 0.717) is 6.54 Å². The van der Waals surface area contributed by atoms with E-state index in [1.54, 1.807) is 0 Å². The maximum atomic E-state index is 12.9. The van der Waals surface area contributed by atoms with E-state index in [9.17, 15) is 4.79 Å². The maximum absolute atomic E-state index is 12.9. The minimum Gasteiger partial charge on any atom is -0.349 e. The first-order valence-corrected chi connectivity index (χ1v) is 8.57. The second-order valence-electron chi connectivity index (χ2n) is 6.00. The van der Waals surface area contributed by atoms with Crippen LogP contribution in [0.4, 0.5) is 0 Å². The van der Waals surface area contributed by atoms with Crippen molar-refractivity contribution < 1.29 is 4.79 Å². The highest BCUT2D eigenvalue weighted by Crippen LogP contribution is 2.42. The molecule has 116 valence electrons. The number of nitrogens with one attached hydrogen (secondary N) is 1. The van der Waals surface area contributed by atoms with Gasteiger partial charge in [0.1, 0.15) is 10.0 Å². The predicted molar refractivity (Wildman–Crippen MR) is 87.8 cm³/mol. The third kappa shape index (κ3) is 2.77. The zero-order valence-electron chi connectivity index (χ0n) is 13.1. The molecular weight excluding hydrogens is 294 g/mol. The predicted octanol–water partition coefficient (Wildman–Crippen LogP) is 3.28. The Balaban J connectivity index is 1.81. The van der Waals surface area contributed by atoms with Gasteiger partial charge in [0.25, 0.3) is 0 Å². The Bertz CT molecular complexity index is 674. The third-order valence-corrected chi connectivity index (χ3v) is 5.36. The first-order chi connectivity index (χ1) is 10.6. The topological polar surface area (TPSA) is 54.9 Å². The molecular formula is C17H21N3OS. The van der Waals surface area contributed by atoms with E-state index in [-0.39, 0.29) is 11.3 Å². The minimum atomic E-state index is -0.370. The maximum Gasteiger partial charge on any atom is 0.231 e. The summed E-state index contributed by atoms with van der Waals surface area (Å²) >= 11 is 1.53. The lowest BCUT2D eigenvalue weighted by molar-refractivity contribution is -0.126. The number of hydrogen-bond donors (Lipinski definition) is 1. The summed E-state index contributed by atoms with van der Waals surface area (Å²) in [7, 11) is 0. The van der Waals surface area contributed by atoms with Crippen LogP contribution in [0.5, 0.6) is 0 Å². The summed E-state index contributed by atoms with van der Waals surface area (Å²) in [6.07, 6.45) is 4.08. The van der Waals surface area contributed by atoms with Crippen LogP contribution >= 0.6 is 11.3 Å². The summed E-state index contributed by atoms with van der Waals surface area (Å²) in [4.78, 5) is 12.9. The molecule has 0 radical (unpaired) electrons. The van der Waals surface area contributed by atoms with Gasteiger partial charge in [0.15, 0.2) is 0 Å². The smallest absolute Gasteiger partial charge is 0.231 e. The van der Waals surface area contributed by atoms with Gasteiger partial charge in [-0.2, -0.15) is 0 Å². The molecule has 1 aliphatic rings. The van der Waals surface area contributed by atoms with Crippen LogP contribution in [0.15, 0.2) is 24.3 Å². The zero-order valence-corrected chi connectivity index (χ0v) is 13.9. The Morgan fingerprint density at radius 2 is 1.95 bits per heavy atom. The molecule has 1 aromatic heterocycles. The first kappa shape index (κ1) is 15.2. The number of aromatic nitrogens is 2. The van der Waals surface area contributed by atoms with E-state index >= 15 is 0 Å². The Morgan fingerprint density at radius 3 is 2.59 bits per heavy atom. The van der Waals surface area contributed by atoms with Crippen molar-refractivity contribution in [3.63, 3.8) is 0 Å². The highest BCUT2D eigenvalue weighted by molar-refractivity contribution is 7.11. The van der Waals surface area contributed by atoms with E-state index < -0.39 is 0 Å². The van der Waals surface area contributed by atoms with Crippen LogP contribution in [0, 0.1) is 13.8 Å². The molecule has 4 nitrogen and oxygen atoms in total. The fourth-order valence-electron chi connectivity index (χ4n) is 3.44. The molecule has 1 N–H and O–H groups in total. The van der Waals surface area contributed by atoms with E-state index in [1.807, 2.05) is 19.1 Å². The summed E-state index contributed by atoms with van der Waals surface area (Å²) in [6, 6.07) is 8.26. The van der Waals surface area contributed by atoms with Crippen LogP contribution in [-0.2, 0) is 16.8 Å². The van der Waals surface area contributed by atoms with Crippen molar-refractivity contribution in [2.45, 2.75) is 51.5 Å². The minimum absolute atomic E-state index is 0.132. The average molecular weight is 315 g/mol. The van der Waals surface area contributed by atoms with Crippen LogP contribution in [0.3, 0.4) is 0 Å². The van der Waals surface area contributed by atoms with Crippen molar-refractivity contribution in [1.29, 1.82) is 0 Å². The van der Waals surface area contributed by atoms with E-state index in [4.69, 9.17) is 0 Å². The summed E-state index contributed by atoms with van der Waals surface area (Å²) in [6.45, 7) is 4.49. The van der Waals surface area contributed by atoms with Crippen molar-refractivity contribution in [3.8, 4) is 0 Å². The first-order valence-electron chi connectivity index (χ1n) is 7.75. The van der Waals surface area contributed by atoms with Gasteiger partial charge in [-0.15, -0.1) is 10.2 Å². The Labute approximate surface area is 135 Å². The number of amides is 1. The van der Waals surface area contributed by atoms with Crippen LogP contribution in [-0.4, -0.2) is 16.1 Å². The molecule has 1 aliphatic carbocycles. The van der Waals surface area contributed by atoms with Crippen molar-refractivity contribution >= 4 is 17.2 Å². The molecule has 0 aliphatic heterocycles. The molecule has 1 fully saturated rings. The highest BCUT2D eigenvalue weighted by atomic mass is 32.1. The van der Waals surface area contributed by atoms with Crippen LogP contribution in [0.1, 0.15) is 46.8 Å². The third-order valence-electron chi connectivity index (χ3n) is 4.52. The second-order valence-corrected chi connectivity index (χ2v) is 7.27. The summed E-state index contributed by atoms with van der Waals surface area (Å²) in [5.41, 5.74) is 2.01. The Kier molecular flexibility index (Phi) is 4.25. The van der Waals surface area contributed by atoms with Crippen molar-refractivity contribution in [1.82, 2.24) is 15.5 Å². The lowest BCUT2D eigenvalue weighted by Crippen LogP contribution is -2.42. The molecule has 1 amide bonds. The monoisotopic (exact) mass is 315 g/mol. The molecule has 0 bridgehead atoms. The molecule has 1 saturated carbocycles. The van der Waals surface area contributed by atoms with Crippen LogP contribution in [0.25, 0.3) is 0 Å². The number of carbonyl (C=O) groups excluding carboxylic acids is 1. The van der Waals surface area contributed by atoms with Gasteiger partial charge < -0.3 is 5.32 Å². The average Bonchev–Trinajstić information content (AvgIpc) is 3.15. The summed E-state index contributed by atoms with van der Waals surface area (Å²) in [5, 5.41) is 13.0. The highest BCUT2D eigenvalue weighted by Gasteiger charge is 2.43. The van der Waals surface area contributed by atoms with Gasteiger partial charge >= 0.3 is 0 Å². The quantitative estimate of drug-likeness (QED) is 0.942. The molecule has 2 aromatic rings. The van der Waals surface area contributed by atoms with E-state index in [2.05, 4.69) is 34.6 Å². The Hall–Kier alpha value is -1.75. The van der Waals surface area contributed by atoms with Gasteiger partial charge in [-0.25, -0.2) is 0 Å². The second kappa shape index (κ2) is 6.16. The largest absolute Gasteiger partial charge is 0.349 e. The summed E-state index contributed by atoms with van der Waals surface area (Å²) in [5.74, 6) is 0.132. The molecule has 1 heterocycles. The van der Waals surface area contributed by atoms with Crippen molar-refractivity contribution in [2.24, 2.45) is 0 Å². The molecule has 0 unspecified atom stereocenters. The summed E-state index contributed by atoms with van der Waals surface area (Å²) < 4.78 is 0. The van der Waals surface area contributed by atoms with Gasteiger partial charge in [0.2, 0.25) is 5.91 Å². The molecule has 22 heavy (non-hydrogen) atoms. The number of benzene rings is 1. The molecule has 5 heteroatoms. The molecule has 0 spiro atoms. The SMILES string of the molecule is Cc1nnc(CNC(=O)C2(c3ccccc3C)CCCC2)s1. The zero-order chi connectivity index (χ0) is 15.6. The van der Waals surface area contributed by atoms with Gasteiger partial charge in [-0.3, -0.25) is 4.79 Å². The fourth-order valence-corrected chi connectivity index (χ4v) is 4.09. The number of aryl methyl sites for hydroxylation is 2. The molecule has 0 saturated heterocycles. The van der Waals surface area contributed by atoms with E-state index in [1.165, 1.54) is 22.5 Å². The molecule has 3 rings (SSSR count). The van der Waals surface area contributed by atoms with Crippen LogP contribution < -0.4 is 5.32 Å². The lowest BCUT2D eigenvalue weighted by Gasteiger charge is -2.29. The van der Waals surface area contributed by atoms with Crippen molar-refractivity contribution in [2.75, 3.05) is 0 Å². The number of hydrogen-bond acceptors (Lipinski definition) is 4. The number of carbonyl (C=O) groups is 1. The van der Waals surface area contributed by atoms with Gasteiger partial charge in [-0.05, 0) is 37.8 Å². The van der Waals surface area contributed by atoms with Crippen LogP contribution in [0.2, 0.25) is 0 Å². The van der Waals surface area contributed by atoms with E-state index in [0.717, 1.165) is 35.7 Å².